The number of anilines is 2. The van der Waals surface area contributed by atoms with Gasteiger partial charge in [-0.05, 0) is 48.5 Å². The second-order valence-corrected chi connectivity index (χ2v) is 13.2. The van der Waals surface area contributed by atoms with E-state index in [1.54, 1.807) is 12.1 Å². The molecule has 196 valence electrons. The molecule has 12 heteroatoms. The van der Waals surface area contributed by atoms with E-state index in [0.29, 0.717) is 18.9 Å². The number of carbonyl (C=O) groups is 1. The van der Waals surface area contributed by atoms with E-state index in [-0.39, 0.29) is 23.7 Å². The first-order valence-electron chi connectivity index (χ1n) is 11.4. The van der Waals surface area contributed by atoms with E-state index in [0.717, 1.165) is 20.4 Å². The Labute approximate surface area is 221 Å². The van der Waals surface area contributed by atoms with Crippen molar-refractivity contribution in [2.75, 3.05) is 48.7 Å². The number of morpholine rings is 1. The highest BCUT2D eigenvalue weighted by atomic mass is 32.2. The van der Waals surface area contributed by atoms with Crippen molar-refractivity contribution in [3.05, 3.63) is 78.9 Å². The first-order chi connectivity index (χ1) is 17.6. The fraction of sp³-hybridized carbons (Fsp3) is 0.240. The van der Waals surface area contributed by atoms with Crippen molar-refractivity contribution in [1.82, 2.24) is 4.31 Å². The average Bonchev–Trinajstić information content (AvgIpc) is 2.89. The second-order valence-electron chi connectivity index (χ2n) is 8.24. The number of sulfonamides is 2. The molecule has 0 radical (unpaired) electrons. The van der Waals surface area contributed by atoms with Crippen LogP contribution in [0.25, 0.3) is 0 Å². The van der Waals surface area contributed by atoms with Crippen LogP contribution in [0, 0.1) is 0 Å². The smallest absolute Gasteiger partial charge is 0.245 e. The molecule has 3 aromatic rings. The van der Waals surface area contributed by atoms with Crippen molar-refractivity contribution < 1.29 is 26.4 Å². The topological polar surface area (TPSA) is 113 Å². The molecule has 1 aliphatic heterocycles. The van der Waals surface area contributed by atoms with Crippen LogP contribution in [0.2, 0.25) is 0 Å². The SMILES string of the molecule is CS(=O)(=O)N(CC(=O)Nc1ccccc1Sc1ccccc1)c1ccc(S(=O)(=O)N2CCOCC2)cc1. The Morgan fingerprint density at radius 2 is 1.54 bits per heavy atom. The second kappa shape index (κ2) is 11.7. The molecule has 1 aliphatic rings. The van der Waals surface area contributed by atoms with Crippen LogP contribution in [-0.4, -0.2) is 66.2 Å². The molecule has 0 atom stereocenters. The van der Waals surface area contributed by atoms with E-state index < -0.39 is 32.5 Å². The van der Waals surface area contributed by atoms with Gasteiger partial charge in [0.1, 0.15) is 6.54 Å². The third-order valence-corrected chi connectivity index (χ3v) is 9.69. The van der Waals surface area contributed by atoms with Gasteiger partial charge in [0.2, 0.25) is 26.0 Å². The average molecular weight is 562 g/mol. The van der Waals surface area contributed by atoms with Crippen molar-refractivity contribution in [2.45, 2.75) is 14.7 Å². The van der Waals surface area contributed by atoms with Crippen molar-refractivity contribution in [3.8, 4) is 0 Å². The predicted octanol–water partition coefficient (Wildman–Crippen LogP) is 3.26. The largest absolute Gasteiger partial charge is 0.379 e. The van der Waals surface area contributed by atoms with E-state index >= 15 is 0 Å². The Bertz CT molecular complexity index is 1440. The van der Waals surface area contributed by atoms with Gasteiger partial charge in [-0.25, -0.2) is 16.8 Å². The zero-order valence-corrected chi connectivity index (χ0v) is 22.6. The van der Waals surface area contributed by atoms with Gasteiger partial charge >= 0.3 is 0 Å². The van der Waals surface area contributed by atoms with Gasteiger partial charge in [0, 0.05) is 22.9 Å². The summed E-state index contributed by atoms with van der Waals surface area (Å²) in [5.74, 6) is -0.531. The van der Waals surface area contributed by atoms with Crippen LogP contribution in [0.4, 0.5) is 11.4 Å². The minimum absolute atomic E-state index is 0.0444. The number of para-hydroxylation sites is 1. The maximum absolute atomic E-state index is 12.9. The number of rotatable bonds is 9. The van der Waals surface area contributed by atoms with Crippen molar-refractivity contribution in [3.63, 3.8) is 0 Å². The molecule has 3 aromatic carbocycles. The first kappa shape index (κ1) is 27.1. The Hall–Kier alpha value is -2.90. The number of carbonyl (C=O) groups excluding carboxylic acids is 1. The van der Waals surface area contributed by atoms with Crippen molar-refractivity contribution >= 4 is 49.1 Å². The molecule has 1 N–H and O–H groups in total. The number of nitrogens with zero attached hydrogens (tertiary/aromatic N) is 2. The fourth-order valence-electron chi connectivity index (χ4n) is 3.71. The summed E-state index contributed by atoms with van der Waals surface area (Å²) in [4.78, 5) is 14.8. The van der Waals surface area contributed by atoms with Gasteiger partial charge in [-0.3, -0.25) is 9.10 Å². The highest BCUT2D eigenvalue weighted by Gasteiger charge is 2.27. The number of ether oxygens (including phenoxy) is 1. The highest BCUT2D eigenvalue weighted by molar-refractivity contribution is 7.99. The number of amides is 1. The van der Waals surface area contributed by atoms with Gasteiger partial charge in [-0.2, -0.15) is 4.31 Å². The van der Waals surface area contributed by atoms with Crippen LogP contribution in [0.5, 0.6) is 0 Å². The highest BCUT2D eigenvalue weighted by Crippen LogP contribution is 2.33. The number of hydrogen-bond donors (Lipinski definition) is 1. The number of nitrogens with one attached hydrogen (secondary N) is 1. The van der Waals surface area contributed by atoms with Crippen molar-refractivity contribution in [1.29, 1.82) is 0 Å². The molecule has 0 saturated carbocycles. The lowest BCUT2D eigenvalue weighted by molar-refractivity contribution is -0.114. The van der Waals surface area contributed by atoms with Gasteiger partial charge in [0.05, 0.1) is 35.7 Å². The Morgan fingerprint density at radius 3 is 2.19 bits per heavy atom. The van der Waals surface area contributed by atoms with E-state index in [4.69, 9.17) is 4.74 Å². The van der Waals surface area contributed by atoms with E-state index in [1.165, 1.54) is 40.3 Å². The lowest BCUT2D eigenvalue weighted by Crippen LogP contribution is -2.40. The molecule has 0 aromatic heterocycles. The molecule has 0 unspecified atom stereocenters. The number of hydrogen-bond acceptors (Lipinski definition) is 7. The Morgan fingerprint density at radius 1 is 0.919 bits per heavy atom. The van der Waals surface area contributed by atoms with E-state index in [2.05, 4.69) is 5.32 Å². The molecule has 37 heavy (non-hydrogen) atoms. The van der Waals surface area contributed by atoms with Crippen LogP contribution >= 0.6 is 11.8 Å². The van der Waals surface area contributed by atoms with Crippen LogP contribution in [0.1, 0.15) is 0 Å². The lowest BCUT2D eigenvalue weighted by atomic mass is 10.3. The maximum Gasteiger partial charge on any atom is 0.245 e. The third kappa shape index (κ3) is 6.90. The van der Waals surface area contributed by atoms with E-state index in [1.807, 2.05) is 42.5 Å². The predicted molar refractivity (Wildman–Crippen MR) is 144 cm³/mol. The van der Waals surface area contributed by atoms with Gasteiger partial charge in [0.15, 0.2) is 0 Å². The fourth-order valence-corrected chi connectivity index (χ4v) is 6.90. The summed E-state index contributed by atoms with van der Waals surface area (Å²) in [6.45, 7) is 0.675. The van der Waals surface area contributed by atoms with Crippen LogP contribution in [-0.2, 0) is 29.6 Å². The summed E-state index contributed by atoms with van der Waals surface area (Å²) in [6, 6.07) is 22.4. The zero-order chi connectivity index (χ0) is 26.5. The summed E-state index contributed by atoms with van der Waals surface area (Å²) in [7, 11) is -7.57. The molecule has 9 nitrogen and oxygen atoms in total. The Balaban J connectivity index is 1.50. The molecule has 0 aliphatic carbocycles. The normalized spacial score (nSPS) is 14.7. The molecule has 4 rings (SSSR count). The molecule has 1 amide bonds. The molecule has 1 heterocycles. The molecule has 0 spiro atoms. The van der Waals surface area contributed by atoms with Crippen LogP contribution < -0.4 is 9.62 Å². The lowest BCUT2D eigenvalue weighted by Gasteiger charge is -2.26. The first-order valence-corrected chi connectivity index (χ1v) is 15.5. The monoisotopic (exact) mass is 561 g/mol. The van der Waals surface area contributed by atoms with Gasteiger partial charge in [-0.15, -0.1) is 0 Å². The summed E-state index contributed by atoms with van der Waals surface area (Å²) in [5.41, 5.74) is 0.743. The quantitative estimate of drug-likeness (QED) is 0.427. The third-order valence-electron chi connectivity index (χ3n) is 5.55. The van der Waals surface area contributed by atoms with Crippen LogP contribution in [0.3, 0.4) is 0 Å². The van der Waals surface area contributed by atoms with Gasteiger partial charge in [0.25, 0.3) is 0 Å². The molecule has 1 saturated heterocycles. The minimum Gasteiger partial charge on any atom is -0.379 e. The molecular weight excluding hydrogens is 534 g/mol. The van der Waals surface area contributed by atoms with Crippen molar-refractivity contribution in [2.24, 2.45) is 0 Å². The van der Waals surface area contributed by atoms with Crippen LogP contribution in [0.15, 0.2) is 93.5 Å². The van der Waals surface area contributed by atoms with Gasteiger partial charge in [-0.1, -0.05) is 42.1 Å². The van der Waals surface area contributed by atoms with Gasteiger partial charge < -0.3 is 10.1 Å². The summed E-state index contributed by atoms with van der Waals surface area (Å²) < 4.78 is 58.4. The molecule has 1 fully saturated rings. The van der Waals surface area contributed by atoms with E-state index in [9.17, 15) is 21.6 Å². The standard InChI is InChI=1S/C25H27N3O6S3/c1-36(30,31)28(20-11-13-22(14-12-20)37(32,33)27-15-17-34-18-16-27)19-25(29)26-23-9-5-6-10-24(23)35-21-7-3-2-4-8-21/h2-14H,15-19H2,1H3,(H,26,29). The maximum atomic E-state index is 12.9. The minimum atomic E-state index is -3.84. The molecule has 0 bridgehead atoms. The molecular formula is C25H27N3O6S3. The zero-order valence-electron chi connectivity index (χ0n) is 20.1. The summed E-state index contributed by atoms with van der Waals surface area (Å²) in [6.07, 6.45) is 0.998. The number of benzene rings is 3. The summed E-state index contributed by atoms with van der Waals surface area (Å²) >= 11 is 1.48. The summed E-state index contributed by atoms with van der Waals surface area (Å²) in [5, 5.41) is 2.80. The Kier molecular flexibility index (Phi) is 8.55.